The average molecular weight is 424 g/mol. The summed E-state index contributed by atoms with van der Waals surface area (Å²) in [5.74, 6) is -0.401. The minimum absolute atomic E-state index is 0.0575. The minimum Gasteiger partial charge on any atom is -0.352 e. The van der Waals surface area contributed by atoms with Crippen molar-refractivity contribution in [2.75, 3.05) is 26.2 Å². The zero-order chi connectivity index (χ0) is 21.8. The molecule has 164 valence electrons. The molecule has 4 rings (SSSR count). The first-order chi connectivity index (χ1) is 15.0. The molecular weight excluding hydrogens is 393 g/mol. The summed E-state index contributed by atoms with van der Waals surface area (Å²) in [6, 6.07) is 16.6. The number of likely N-dealkylation sites (tertiary alicyclic amines) is 2. The van der Waals surface area contributed by atoms with Crippen LogP contribution in [0.25, 0.3) is 0 Å². The van der Waals surface area contributed by atoms with Crippen LogP contribution in [0.2, 0.25) is 0 Å². The Kier molecular flexibility index (Phi) is 6.66. The Labute approximate surface area is 183 Å². The van der Waals surface area contributed by atoms with Gasteiger partial charge in [0.2, 0.25) is 5.91 Å². The molecule has 0 spiro atoms. The van der Waals surface area contributed by atoms with Crippen LogP contribution >= 0.6 is 0 Å². The Bertz CT molecular complexity index is 895. The van der Waals surface area contributed by atoms with Crippen molar-refractivity contribution in [3.63, 3.8) is 0 Å². The SMILES string of the molecule is CC(c1ccccc1)N1CCC(NC(=O)C2CCN(C(=O)c3ccc(F)cc3)CC2)C1. The second-order valence-corrected chi connectivity index (χ2v) is 8.65. The molecule has 6 heteroatoms. The van der Waals surface area contributed by atoms with E-state index in [-0.39, 0.29) is 29.6 Å². The Morgan fingerprint density at radius 2 is 1.65 bits per heavy atom. The molecule has 2 atom stereocenters. The lowest BCUT2D eigenvalue weighted by Gasteiger charge is -2.32. The molecule has 0 bridgehead atoms. The molecule has 2 heterocycles. The first-order valence-corrected chi connectivity index (χ1v) is 11.2. The number of benzene rings is 2. The average Bonchev–Trinajstić information content (AvgIpc) is 3.27. The van der Waals surface area contributed by atoms with Crippen LogP contribution in [0, 0.1) is 11.7 Å². The number of nitrogens with one attached hydrogen (secondary N) is 1. The molecule has 0 saturated carbocycles. The van der Waals surface area contributed by atoms with E-state index in [9.17, 15) is 14.0 Å². The number of carbonyl (C=O) groups is 2. The fraction of sp³-hybridized carbons (Fsp3) is 0.440. The van der Waals surface area contributed by atoms with E-state index >= 15 is 0 Å². The van der Waals surface area contributed by atoms with E-state index in [1.165, 1.54) is 29.8 Å². The molecule has 1 N–H and O–H groups in total. The molecule has 2 fully saturated rings. The topological polar surface area (TPSA) is 52.7 Å². The van der Waals surface area contributed by atoms with Gasteiger partial charge in [-0.05, 0) is 56.0 Å². The van der Waals surface area contributed by atoms with Crippen molar-refractivity contribution < 1.29 is 14.0 Å². The first-order valence-electron chi connectivity index (χ1n) is 11.2. The first kappa shape index (κ1) is 21.5. The van der Waals surface area contributed by atoms with Crippen LogP contribution in [-0.2, 0) is 4.79 Å². The van der Waals surface area contributed by atoms with Gasteiger partial charge in [-0.25, -0.2) is 4.39 Å². The number of halogens is 1. The molecule has 2 aromatic rings. The van der Waals surface area contributed by atoms with Crippen LogP contribution in [0.1, 0.15) is 48.1 Å². The minimum atomic E-state index is -0.351. The smallest absolute Gasteiger partial charge is 0.253 e. The third-order valence-corrected chi connectivity index (χ3v) is 6.64. The lowest BCUT2D eigenvalue weighted by atomic mass is 9.95. The van der Waals surface area contributed by atoms with E-state index in [1.807, 2.05) is 6.07 Å². The van der Waals surface area contributed by atoms with Crippen LogP contribution in [0.4, 0.5) is 4.39 Å². The number of rotatable bonds is 5. The molecule has 2 aliphatic rings. The van der Waals surface area contributed by atoms with Crippen molar-refractivity contribution in [2.45, 2.75) is 38.3 Å². The maximum Gasteiger partial charge on any atom is 0.253 e. The quantitative estimate of drug-likeness (QED) is 0.799. The van der Waals surface area contributed by atoms with Gasteiger partial charge in [0, 0.05) is 49.7 Å². The third kappa shape index (κ3) is 5.13. The summed E-state index contributed by atoms with van der Waals surface area (Å²) in [5.41, 5.74) is 1.79. The Hall–Kier alpha value is -2.73. The molecule has 0 aromatic heterocycles. The number of hydrogen-bond acceptors (Lipinski definition) is 3. The summed E-state index contributed by atoms with van der Waals surface area (Å²) < 4.78 is 13.1. The van der Waals surface area contributed by atoms with Gasteiger partial charge in [0.05, 0.1) is 0 Å². The van der Waals surface area contributed by atoms with Crippen molar-refractivity contribution in [2.24, 2.45) is 5.92 Å². The van der Waals surface area contributed by atoms with E-state index in [4.69, 9.17) is 0 Å². The fourth-order valence-electron chi connectivity index (χ4n) is 4.64. The summed E-state index contributed by atoms with van der Waals surface area (Å²) in [6.07, 6.45) is 2.29. The lowest BCUT2D eigenvalue weighted by Crippen LogP contribution is -2.46. The largest absolute Gasteiger partial charge is 0.352 e. The monoisotopic (exact) mass is 423 g/mol. The molecular formula is C25H30FN3O2. The molecule has 2 saturated heterocycles. The van der Waals surface area contributed by atoms with Crippen LogP contribution in [0.5, 0.6) is 0 Å². The second kappa shape index (κ2) is 9.60. The Morgan fingerprint density at radius 1 is 0.968 bits per heavy atom. The van der Waals surface area contributed by atoms with E-state index in [0.717, 1.165) is 19.5 Å². The molecule has 2 aliphatic heterocycles. The van der Waals surface area contributed by atoms with E-state index < -0.39 is 0 Å². The predicted molar refractivity (Wildman–Crippen MR) is 118 cm³/mol. The van der Waals surface area contributed by atoms with Crippen molar-refractivity contribution in [3.8, 4) is 0 Å². The van der Waals surface area contributed by atoms with E-state index in [1.54, 1.807) is 4.90 Å². The van der Waals surface area contributed by atoms with Gasteiger partial charge in [-0.3, -0.25) is 14.5 Å². The van der Waals surface area contributed by atoms with Gasteiger partial charge in [-0.1, -0.05) is 30.3 Å². The second-order valence-electron chi connectivity index (χ2n) is 8.65. The van der Waals surface area contributed by atoms with Crippen LogP contribution < -0.4 is 5.32 Å². The van der Waals surface area contributed by atoms with Gasteiger partial charge in [-0.2, -0.15) is 0 Å². The highest BCUT2D eigenvalue weighted by Crippen LogP contribution is 2.25. The van der Waals surface area contributed by atoms with Crippen molar-refractivity contribution >= 4 is 11.8 Å². The molecule has 2 aromatic carbocycles. The van der Waals surface area contributed by atoms with E-state index in [2.05, 4.69) is 41.4 Å². The highest BCUT2D eigenvalue weighted by molar-refractivity contribution is 5.94. The van der Waals surface area contributed by atoms with Crippen molar-refractivity contribution in [3.05, 3.63) is 71.5 Å². The summed E-state index contributed by atoms with van der Waals surface area (Å²) in [5, 5.41) is 3.24. The molecule has 2 unspecified atom stereocenters. The number of hydrogen-bond donors (Lipinski definition) is 1. The molecule has 0 radical (unpaired) electrons. The summed E-state index contributed by atoms with van der Waals surface area (Å²) in [4.78, 5) is 29.6. The van der Waals surface area contributed by atoms with Gasteiger partial charge >= 0.3 is 0 Å². The maximum absolute atomic E-state index is 13.1. The number of carbonyl (C=O) groups excluding carboxylic acids is 2. The van der Waals surface area contributed by atoms with E-state index in [0.29, 0.717) is 37.5 Å². The Morgan fingerprint density at radius 3 is 2.32 bits per heavy atom. The van der Waals surface area contributed by atoms with Crippen LogP contribution in [0.3, 0.4) is 0 Å². The van der Waals surface area contributed by atoms with Crippen molar-refractivity contribution in [1.82, 2.24) is 15.1 Å². The van der Waals surface area contributed by atoms with Gasteiger partial charge in [-0.15, -0.1) is 0 Å². The fourth-order valence-corrected chi connectivity index (χ4v) is 4.64. The standard InChI is InChI=1S/C25H30FN3O2/c1-18(19-5-3-2-4-6-19)29-16-13-23(17-29)27-24(30)20-11-14-28(15-12-20)25(31)21-7-9-22(26)10-8-21/h2-10,18,20,23H,11-17H2,1H3,(H,27,30). The Balaban J connectivity index is 1.24. The zero-order valence-electron chi connectivity index (χ0n) is 18.0. The highest BCUT2D eigenvalue weighted by atomic mass is 19.1. The number of piperidine rings is 1. The lowest BCUT2D eigenvalue weighted by molar-refractivity contribution is -0.126. The molecule has 0 aliphatic carbocycles. The predicted octanol–water partition coefficient (Wildman–Crippen LogP) is 3.63. The van der Waals surface area contributed by atoms with Gasteiger partial charge < -0.3 is 10.2 Å². The highest BCUT2D eigenvalue weighted by Gasteiger charge is 2.32. The molecule has 31 heavy (non-hydrogen) atoms. The van der Waals surface area contributed by atoms with Crippen LogP contribution in [0.15, 0.2) is 54.6 Å². The van der Waals surface area contributed by atoms with Gasteiger partial charge in [0.15, 0.2) is 0 Å². The zero-order valence-corrected chi connectivity index (χ0v) is 18.0. The van der Waals surface area contributed by atoms with Gasteiger partial charge in [0.1, 0.15) is 5.82 Å². The summed E-state index contributed by atoms with van der Waals surface area (Å²) >= 11 is 0. The summed E-state index contributed by atoms with van der Waals surface area (Å²) in [7, 11) is 0. The third-order valence-electron chi connectivity index (χ3n) is 6.64. The molecule has 5 nitrogen and oxygen atoms in total. The normalized spacial score (nSPS) is 21.1. The number of nitrogens with zero attached hydrogens (tertiary/aromatic N) is 2. The number of amides is 2. The van der Waals surface area contributed by atoms with Crippen LogP contribution in [-0.4, -0.2) is 53.8 Å². The summed E-state index contributed by atoms with van der Waals surface area (Å²) in [6.45, 7) is 5.16. The maximum atomic E-state index is 13.1. The van der Waals surface area contributed by atoms with Gasteiger partial charge in [0.25, 0.3) is 5.91 Å². The molecule has 2 amide bonds. The van der Waals surface area contributed by atoms with Crippen molar-refractivity contribution in [1.29, 1.82) is 0 Å².